The van der Waals surface area contributed by atoms with Crippen LogP contribution in [0.25, 0.3) is 0 Å². The molecule has 0 atom stereocenters. The topological polar surface area (TPSA) is 83.0 Å². The lowest BCUT2D eigenvalue weighted by molar-refractivity contribution is -0.137. The van der Waals surface area contributed by atoms with Crippen molar-refractivity contribution in [2.75, 3.05) is 26.2 Å². The molecule has 0 radical (unpaired) electrons. The van der Waals surface area contributed by atoms with Gasteiger partial charge in [-0.05, 0) is 53.9 Å². The lowest BCUT2D eigenvalue weighted by atomic mass is 10.0. The minimum absolute atomic E-state index is 0.138. The summed E-state index contributed by atoms with van der Waals surface area (Å²) >= 11 is 0. The number of carbonyl (C=O) groups is 2. The summed E-state index contributed by atoms with van der Waals surface area (Å²) in [5.74, 6) is -0.628. The van der Waals surface area contributed by atoms with E-state index in [4.69, 9.17) is 9.84 Å². The standard InChI is InChI=1S/C26H24F3N3O4/c27-26(28,29)21-6-1-18(2-7-21)15-19-3-9-23(10-4-19)36-25(35)32-13-11-31(12-14-32)17-22-8-5-20(16-30-22)24(33)34/h1-10,16H,11-15,17H2,(H,33,34). The number of pyridine rings is 1. The second-order valence-corrected chi connectivity index (χ2v) is 8.49. The first-order chi connectivity index (χ1) is 17.2. The highest BCUT2D eigenvalue weighted by Crippen LogP contribution is 2.29. The van der Waals surface area contributed by atoms with Crippen LogP contribution in [0, 0.1) is 0 Å². The molecule has 1 amide bonds. The number of rotatable bonds is 6. The van der Waals surface area contributed by atoms with Crippen molar-refractivity contribution in [3.63, 3.8) is 0 Å². The number of carboxylic acid groups (broad SMARTS) is 1. The minimum atomic E-state index is -4.36. The number of amides is 1. The molecule has 3 aromatic rings. The summed E-state index contributed by atoms with van der Waals surface area (Å²) in [7, 11) is 0. The second kappa shape index (κ2) is 10.8. The van der Waals surface area contributed by atoms with Crippen molar-refractivity contribution >= 4 is 12.1 Å². The molecule has 1 aromatic heterocycles. The van der Waals surface area contributed by atoms with Gasteiger partial charge in [0.15, 0.2) is 0 Å². The van der Waals surface area contributed by atoms with Crippen LogP contribution in [0.15, 0.2) is 66.9 Å². The molecule has 0 bridgehead atoms. The number of hydrogen-bond donors (Lipinski definition) is 1. The summed E-state index contributed by atoms with van der Waals surface area (Å²) in [4.78, 5) is 31.4. The molecule has 36 heavy (non-hydrogen) atoms. The smallest absolute Gasteiger partial charge is 0.416 e. The molecule has 1 N–H and O–H groups in total. The van der Waals surface area contributed by atoms with Crippen LogP contribution in [0.4, 0.5) is 18.0 Å². The zero-order chi connectivity index (χ0) is 25.7. The van der Waals surface area contributed by atoms with Crippen LogP contribution in [0.5, 0.6) is 5.75 Å². The van der Waals surface area contributed by atoms with Crippen molar-refractivity contribution in [2.24, 2.45) is 0 Å². The number of aromatic nitrogens is 1. The molecular formula is C26H24F3N3O4. The normalized spacial score (nSPS) is 14.5. The largest absolute Gasteiger partial charge is 0.478 e. The number of ether oxygens (including phenoxy) is 1. The highest BCUT2D eigenvalue weighted by Gasteiger charge is 2.30. The van der Waals surface area contributed by atoms with Crippen LogP contribution in [0.2, 0.25) is 0 Å². The first-order valence-corrected chi connectivity index (χ1v) is 11.3. The van der Waals surface area contributed by atoms with Gasteiger partial charge in [0.05, 0.1) is 16.8 Å². The van der Waals surface area contributed by atoms with Gasteiger partial charge in [0.1, 0.15) is 5.75 Å². The van der Waals surface area contributed by atoms with E-state index in [0.29, 0.717) is 44.9 Å². The Hall–Kier alpha value is -3.92. The summed E-state index contributed by atoms with van der Waals surface area (Å²) in [5, 5.41) is 8.96. The number of nitrogens with zero attached hydrogens (tertiary/aromatic N) is 3. The van der Waals surface area contributed by atoms with Gasteiger partial charge in [-0.1, -0.05) is 24.3 Å². The fourth-order valence-corrected chi connectivity index (χ4v) is 3.85. The van der Waals surface area contributed by atoms with Gasteiger partial charge in [-0.25, -0.2) is 9.59 Å². The Morgan fingerprint density at radius 3 is 2.03 bits per heavy atom. The van der Waals surface area contributed by atoms with Crippen LogP contribution in [0.1, 0.15) is 32.7 Å². The number of halogens is 3. The molecule has 4 rings (SSSR count). The molecule has 1 fully saturated rings. The van der Waals surface area contributed by atoms with Crippen molar-refractivity contribution in [1.29, 1.82) is 0 Å². The maximum Gasteiger partial charge on any atom is 0.416 e. The highest BCUT2D eigenvalue weighted by molar-refractivity contribution is 5.87. The second-order valence-electron chi connectivity index (χ2n) is 8.49. The zero-order valence-corrected chi connectivity index (χ0v) is 19.2. The Labute approximate surface area is 205 Å². The van der Waals surface area contributed by atoms with Crippen LogP contribution in [0.3, 0.4) is 0 Å². The van der Waals surface area contributed by atoms with E-state index < -0.39 is 23.8 Å². The third-order valence-corrected chi connectivity index (χ3v) is 5.91. The number of piperazine rings is 1. The molecule has 1 aliphatic rings. The Morgan fingerprint density at radius 2 is 1.50 bits per heavy atom. The molecule has 2 heterocycles. The van der Waals surface area contributed by atoms with Crippen molar-refractivity contribution < 1.29 is 32.6 Å². The SMILES string of the molecule is O=C(O)c1ccc(CN2CCN(C(=O)Oc3ccc(Cc4ccc(C(F)(F)F)cc4)cc3)CC2)nc1. The molecule has 2 aromatic carbocycles. The summed E-state index contributed by atoms with van der Waals surface area (Å²) in [6.07, 6.45) is -3.01. The predicted molar refractivity (Wildman–Crippen MR) is 125 cm³/mol. The van der Waals surface area contributed by atoms with Gasteiger partial charge in [0, 0.05) is 38.9 Å². The monoisotopic (exact) mass is 499 g/mol. The fourth-order valence-electron chi connectivity index (χ4n) is 3.85. The molecule has 10 heteroatoms. The average Bonchev–Trinajstić information content (AvgIpc) is 2.86. The quantitative estimate of drug-likeness (QED) is 0.529. The van der Waals surface area contributed by atoms with Crippen LogP contribution in [-0.4, -0.2) is 58.1 Å². The average molecular weight is 499 g/mol. The van der Waals surface area contributed by atoms with Crippen LogP contribution >= 0.6 is 0 Å². The summed E-state index contributed by atoms with van der Waals surface area (Å²) in [5.41, 5.74) is 1.85. The molecule has 0 spiro atoms. The third kappa shape index (κ3) is 6.60. The van der Waals surface area contributed by atoms with E-state index >= 15 is 0 Å². The Kier molecular flexibility index (Phi) is 7.54. The van der Waals surface area contributed by atoms with E-state index in [0.717, 1.165) is 29.0 Å². The molecule has 7 nitrogen and oxygen atoms in total. The van der Waals surface area contributed by atoms with Crippen LogP contribution < -0.4 is 4.74 Å². The summed E-state index contributed by atoms with van der Waals surface area (Å²) < 4.78 is 43.6. The van der Waals surface area contributed by atoms with Crippen LogP contribution in [-0.2, 0) is 19.1 Å². The molecule has 1 aliphatic heterocycles. The fraction of sp³-hybridized carbons (Fsp3) is 0.269. The number of carbonyl (C=O) groups excluding carboxylic acids is 1. The Bertz CT molecular complexity index is 1190. The zero-order valence-electron chi connectivity index (χ0n) is 19.2. The van der Waals surface area contributed by atoms with Gasteiger partial charge in [-0.2, -0.15) is 13.2 Å². The van der Waals surface area contributed by atoms with Gasteiger partial charge in [-0.3, -0.25) is 9.88 Å². The number of aromatic carboxylic acids is 1. The maximum absolute atomic E-state index is 12.7. The molecule has 0 saturated carbocycles. The third-order valence-electron chi connectivity index (χ3n) is 5.91. The Morgan fingerprint density at radius 1 is 0.889 bits per heavy atom. The van der Waals surface area contributed by atoms with Crippen molar-refractivity contribution in [1.82, 2.24) is 14.8 Å². The number of alkyl halides is 3. The van der Waals surface area contributed by atoms with E-state index in [9.17, 15) is 22.8 Å². The molecule has 0 aliphatic carbocycles. The first kappa shape index (κ1) is 25.2. The highest BCUT2D eigenvalue weighted by atomic mass is 19.4. The lowest BCUT2D eigenvalue weighted by Crippen LogP contribution is -2.49. The molecular weight excluding hydrogens is 475 g/mol. The number of benzene rings is 2. The van der Waals surface area contributed by atoms with Gasteiger partial charge < -0.3 is 14.7 Å². The first-order valence-electron chi connectivity index (χ1n) is 11.3. The number of hydrogen-bond acceptors (Lipinski definition) is 5. The number of carboxylic acids is 1. The van der Waals surface area contributed by atoms with Crippen molar-refractivity contribution in [3.8, 4) is 5.75 Å². The van der Waals surface area contributed by atoms with E-state index in [-0.39, 0.29) is 5.56 Å². The van der Waals surface area contributed by atoms with E-state index in [2.05, 4.69) is 9.88 Å². The van der Waals surface area contributed by atoms with E-state index in [1.807, 2.05) is 0 Å². The van der Waals surface area contributed by atoms with E-state index in [1.54, 1.807) is 35.2 Å². The lowest BCUT2D eigenvalue weighted by Gasteiger charge is -2.33. The predicted octanol–water partition coefficient (Wildman–Crippen LogP) is 4.71. The maximum atomic E-state index is 12.7. The molecule has 188 valence electrons. The van der Waals surface area contributed by atoms with Crippen molar-refractivity contribution in [3.05, 3.63) is 94.8 Å². The summed E-state index contributed by atoms with van der Waals surface area (Å²) in [6.45, 7) is 2.78. The van der Waals surface area contributed by atoms with E-state index in [1.165, 1.54) is 24.4 Å². The summed E-state index contributed by atoms with van der Waals surface area (Å²) in [6, 6.07) is 15.1. The molecule has 0 unspecified atom stereocenters. The van der Waals surface area contributed by atoms with Gasteiger partial charge >= 0.3 is 18.2 Å². The van der Waals surface area contributed by atoms with Gasteiger partial charge in [-0.15, -0.1) is 0 Å². The minimum Gasteiger partial charge on any atom is -0.478 e. The molecule has 1 saturated heterocycles. The van der Waals surface area contributed by atoms with Gasteiger partial charge in [0.25, 0.3) is 0 Å². The van der Waals surface area contributed by atoms with Crippen molar-refractivity contribution in [2.45, 2.75) is 19.1 Å². The van der Waals surface area contributed by atoms with Gasteiger partial charge in [0.2, 0.25) is 0 Å². The Balaban J connectivity index is 1.24.